The molecule has 0 fully saturated rings. The summed E-state index contributed by atoms with van der Waals surface area (Å²) in [5.74, 6) is 1.04. The van der Waals surface area contributed by atoms with Gasteiger partial charge in [0.15, 0.2) is 6.61 Å². The third kappa shape index (κ3) is 3.79. The van der Waals surface area contributed by atoms with Crippen molar-refractivity contribution < 1.29 is 23.8 Å². The molecule has 0 aliphatic carbocycles. The summed E-state index contributed by atoms with van der Waals surface area (Å²) in [6.45, 7) is 0.581. The molecule has 8 heteroatoms. The van der Waals surface area contributed by atoms with Gasteiger partial charge in [0, 0.05) is 0 Å². The molecule has 0 N–H and O–H groups in total. The van der Waals surface area contributed by atoms with Gasteiger partial charge in [-0.05, 0) is 47.7 Å². The number of methoxy groups -OCH3 is 2. The third-order valence-electron chi connectivity index (χ3n) is 3.46. The highest BCUT2D eigenvalue weighted by molar-refractivity contribution is 5.93. The third-order valence-corrected chi connectivity index (χ3v) is 3.46. The van der Waals surface area contributed by atoms with Crippen LogP contribution >= 0.6 is 0 Å². The molecule has 2 aromatic carbocycles. The average molecular weight is 343 g/mol. The summed E-state index contributed by atoms with van der Waals surface area (Å²) in [7, 11) is 2.94. The SMILES string of the molecule is COC(=O)c1ccc2nnn(OCCOc3ccc(OC)cc3)c2c1. The van der Waals surface area contributed by atoms with Crippen LogP contribution in [-0.2, 0) is 4.74 Å². The van der Waals surface area contributed by atoms with E-state index in [2.05, 4.69) is 10.3 Å². The van der Waals surface area contributed by atoms with Crippen LogP contribution in [0.2, 0.25) is 0 Å². The molecule has 0 saturated carbocycles. The minimum absolute atomic E-state index is 0.257. The zero-order valence-corrected chi connectivity index (χ0v) is 13.8. The Labute approximate surface area is 143 Å². The van der Waals surface area contributed by atoms with E-state index in [9.17, 15) is 4.79 Å². The number of hydrogen-bond donors (Lipinski definition) is 0. The van der Waals surface area contributed by atoms with Crippen LogP contribution in [0.15, 0.2) is 42.5 Å². The number of esters is 1. The summed E-state index contributed by atoms with van der Waals surface area (Å²) in [5, 5.41) is 7.89. The smallest absolute Gasteiger partial charge is 0.337 e. The van der Waals surface area contributed by atoms with Crippen molar-refractivity contribution in [1.29, 1.82) is 0 Å². The summed E-state index contributed by atoms with van der Waals surface area (Å²) >= 11 is 0. The van der Waals surface area contributed by atoms with Crippen LogP contribution < -0.4 is 14.3 Å². The number of aromatic nitrogens is 3. The van der Waals surface area contributed by atoms with Gasteiger partial charge in [-0.15, -0.1) is 5.10 Å². The Morgan fingerprint density at radius 3 is 2.52 bits per heavy atom. The molecule has 0 radical (unpaired) electrons. The van der Waals surface area contributed by atoms with Crippen LogP contribution in [0.5, 0.6) is 11.5 Å². The molecule has 3 aromatic rings. The van der Waals surface area contributed by atoms with Crippen LogP contribution in [0.3, 0.4) is 0 Å². The van der Waals surface area contributed by atoms with Crippen LogP contribution in [0, 0.1) is 0 Å². The minimum Gasteiger partial charge on any atom is -0.497 e. The molecule has 25 heavy (non-hydrogen) atoms. The highest BCUT2D eigenvalue weighted by atomic mass is 16.7. The van der Waals surface area contributed by atoms with Gasteiger partial charge in [-0.3, -0.25) is 0 Å². The maximum Gasteiger partial charge on any atom is 0.337 e. The Morgan fingerprint density at radius 1 is 1.04 bits per heavy atom. The van der Waals surface area contributed by atoms with E-state index in [0.29, 0.717) is 29.0 Å². The van der Waals surface area contributed by atoms with E-state index in [1.54, 1.807) is 25.3 Å². The van der Waals surface area contributed by atoms with Gasteiger partial charge in [0.2, 0.25) is 0 Å². The van der Waals surface area contributed by atoms with Gasteiger partial charge in [-0.1, -0.05) is 4.85 Å². The second-order valence-electron chi connectivity index (χ2n) is 5.01. The van der Waals surface area contributed by atoms with Crippen LogP contribution in [-0.4, -0.2) is 48.6 Å². The molecular weight excluding hydrogens is 326 g/mol. The van der Waals surface area contributed by atoms with Gasteiger partial charge in [-0.2, -0.15) is 0 Å². The van der Waals surface area contributed by atoms with E-state index in [1.165, 1.54) is 12.0 Å². The number of nitrogens with zero attached hydrogens (tertiary/aromatic N) is 3. The monoisotopic (exact) mass is 343 g/mol. The lowest BCUT2D eigenvalue weighted by Gasteiger charge is -2.08. The van der Waals surface area contributed by atoms with Crippen molar-refractivity contribution in [2.24, 2.45) is 0 Å². The lowest BCUT2D eigenvalue weighted by molar-refractivity contribution is 0.0598. The molecule has 0 unspecified atom stereocenters. The van der Waals surface area contributed by atoms with E-state index < -0.39 is 5.97 Å². The van der Waals surface area contributed by atoms with Gasteiger partial charge in [0.1, 0.15) is 29.1 Å². The lowest BCUT2D eigenvalue weighted by Crippen LogP contribution is -2.19. The van der Waals surface area contributed by atoms with E-state index in [0.717, 1.165) is 5.75 Å². The highest BCUT2D eigenvalue weighted by Gasteiger charge is 2.11. The molecule has 0 aliphatic heterocycles. The molecule has 0 aliphatic rings. The number of carbonyl (C=O) groups excluding carboxylic acids is 1. The number of benzene rings is 2. The maximum atomic E-state index is 11.6. The Hall–Kier alpha value is -3.29. The van der Waals surface area contributed by atoms with E-state index in [4.69, 9.17) is 19.0 Å². The topological polar surface area (TPSA) is 84.7 Å². The number of carbonyl (C=O) groups is 1. The summed E-state index contributed by atoms with van der Waals surface area (Å²) in [6, 6.07) is 12.2. The first-order valence-corrected chi connectivity index (χ1v) is 7.55. The molecule has 0 saturated heterocycles. The molecule has 3 rings (SSSR count). The van der Waals surface area contributed by atoms with Crippen molar-refractivity contribution in [3.05, 3.63) is 48.0 Å². The van der Waals surface area contributed by atoms with Crippen LogP contribution in [0.4, 0.5) is 0 Å². The summed E-state index contributed by atoms with van der Waals surface area (Å²) in [5.41, 5.74) is 1.59. The van der Waals surface area contributed by atoms with Crippen molar-refractivity contribution in [3.63, 3.8) is 0 Å². The lowest BCUT2D eigenvalue weighted by atomic mass is 10.2. The van der Waals surface area contributed by atoms with Gasteiger partial charge in [-0.25, -0.2) is 4.79 Å². The zero-order chi connectivity index (χ0) is 17.6. The van der Waals surface area contributed by atoms with Crippen LogP contribution in [0.25, 0.3) is 11.0 Å². The summed E-state index contributed by atoms with van der Waals surface area (Å²) < 4.78 is 15.4. The van der Waals surface area contributed by atoms with E-state index in [-0.39, 0.29) is 6.61 Å². The predicted octanol–water partition coefficient (Wildman–Crippen LogP) is 1.73. The Kier molecular flexibility index (Phi) is 4.98. The van der Waals surface area contributed by atoms with Gasteiger partial charge < -0.3 is 19.0 Å². The van der Waals surface area contributed by atoms with Crippen molar-refractivity contribution in [2.75, 3.05) is 27.4 Å². The van der Waals surface area contributed by atoms with Crippen molar-refractivity contribution in [2.45, 2.75) is 0 Å². The standard InChI is InChI=1S/C17H17N3O5/c1-22-13-4-6-14(7-5-13)24-9-10-25-20-16-11-12(17(21)23-2)3-8-15(16)18-19-20/h3-8,11H,9-10H2,1-2H3. The second kappa shape index (κ2) is 7.52. The molecule has 0 amide bonds. The first-order valence-electron chi connectivity index (χ1n) is 7.55. The Morgan fingerprint density at radius 2 is 1.80 bits per heavy atom. The molecule has 8 nitrogen and oxygen atoms in total. The normalized spacial score (nSPS) is 10.5. The second-order valence-corrected chi connectivity index (χ2v) is 5.01. The van der Waals surface area contributed by atoms with Crippen LogP contribution in [0.1, 0.15) is 10.4 Å². The first kappa shape index (κ1) is 16.6. The number of hydrogen-bond acceptors (Lipinski definition) is 7. The van der Waals surface area contributed by atoms with Gasteiger partial charge in [0.05, 0.1) is 19.8 Å². The van der Waals surface area contributed by atoms with Gasteiger partial charge in [0.25, 0.3) is 0 Å². The molecule has 0 spiro atoms. The fourth-order valence-electron chi connectivity index (χ4n) is 2.19. The Balaban J connectivity index is 1.59. The number of rotatable bonds is 7. The number of ether oxygens (including phenoxy) is 3. The Bertz CT molecular complexity index is 860. The van der Waals surface area contributed by atoms with Gasteiger partial charge >= 0.3 is 5.97 Å². The molecule has 130 valence electrons. The summed E-state index contributed by atoms with van der Waals surface area (Å²) in [6.07, 6.45) is 0. The molecular formula is C17H17N3O5. The fourth-order valence-corrected chi connectivity index (χ4v) is 2.19. The summed E-state index contributed by atoms with van der Waals surface area (Å²) in [4.78, 5) is 18.4. The molecule has 1 heterocycles. The van der Waals surface area contributed by atoms with Crippen molar-refractivity contribution in [3.8, 4) is 11.5 Å². The van der Waals surface area contributed by atoms with E-state index >= 15 is 0 Å². The van der Waals surface area contributed by atoms with E-state index in [1.807, 2.05) is 24.3 Å². The number of fused-ring (bicyclic) bond motifs is 1. The average Bonchev–Trinajstić information content (AvgIpc) is 3.07. The predicted molar refractivity (Wildman–Crippen MR) is 88.8 cm³/mol. The highest BCUT2D eigenvalue weighted by Crippen LogP contribution is 2.17. The van der Waals surface area contributed by atoms with Crippen molar-refractivity contribution in [1.82, 2.24) is 15.2 Å². The largest absolute Gasteiger partial charge is 0.497 e. The fraction of sp³-hybridized carbons (Fsp3) is 0.235. The first-order chi connectivity index (χ1) is 12.2. The minimum atomic E-state index is -0.433. The molecule has 0 bridgehead atoms. The zero-order valence-electron chi connectivity index (χ0n) is 13.8. The molecule has 0 atom stereocenters. The van der Waals surface area contributed by atoms with Crippen molar-refractivity contribution >= 4 is 17.0 Å². The maximum absolute atomic E-state index is 11.6. The quantitative estimate of drug-likeness (QED) is 0.477. The molecule has 1 aromatic heterocycles.